The molecule has 0 radical (unpaired) electrons. The number of carbonyl (C=O) groups is 1. The van der Waals surface area contributed by atoms with E-state index in [0.717, 1.165) is 4.47 Å². The summed E-state index contributed by atoms with van der Waals surface area (Å²) < 4.78 is 40.9. The lowest BCUT2D eigenvalue weighted by Crippen LogP contribution is -2.18. The summed E-state index contributed by atoms with van der Waals surface area (Å²) >= 11 is 3.30. The van der Waals surface area contributed by atoms with E-state index in [-0.39, 0.29) is 34.0 Å². The van der Waals surface area contributed by atoms with Gasteiger partial charge in [-0.3, -0.25) is 13.9 Å². The van der Waals surface area contributed by atoms with E-state index in [1.54, 1.807) is 42.6 Å². The molecule has 0 aliphatic carbocycles. The molecule has 4 rings (SSSR count). The second-order valence-corrected chi connectivity index (χ2v) is 9.89. The summed E-state index contributed by atoms with van der Waals surface area (Å²) in [7, 11) is -3.98. The number of nitrogens with zero attached hydrogens (tertiary/aromatic N) is 2. The highest BCUT2D eigenvalue weighted by Crippen LogP contribution is 2.23. The van der Waals surface area contributed by atoms with Crippen molar-refractivity contribution in [3.8, 4) is 5.75 Å². The normalized spacial score (nSPS) is 11.3. The zero-order valence-electron chi connectivity index (χ0n) is 18.5. The minimum atomic E-state index is -3.98. The van der Waals surface area contributed by atoms with Crippen molar-refractivity contribution in [1.82, 2.24) is 9.38 Å². The van der Waals surface area contributed by atoms with Crippen molar-refractivity contribution in [2.24, 2.45) is 0 Å². The molecule has 0 atom stereocenters. The van der Waals surface area contributed by atoms with E-state index < -0.39 is 16.0 Å². The lowest BCUT2D eigenvalue weighted by Gasteiger charge is -2.13. The molecule has 0 unspecified atom stereocenters. The van der Waals surface area contributed by atoms with Crippen LogP contribution in [0.5, 0.6) is 5.75 Å². The Kier molecular flexibility index (Phi) is 7.17. The Morgan fingerprint density at radius 2 is 1.83 bits per heavy atom. The van der Waals surface area contributed by atoms with E-state index in [1.165, 1.54) is 34.7 Å². The summed E-state index contributed by atoms with van der Waals surface area (Å²) in [6.07, 6.45) is 1.59. The number of ether oxygens (including phenoxy) is 2. The van der Waals surface area contributed by atoms with E-state index in [0.29, 0.717) is 18.0 Å². The van der Waals surface area contributed by atoms with Gasteiger partial charge >= 0.3 is 5.97 Å². The number of carbonyl (C=O) groups excluding carboxylic acids is 1. The van der Waals surface area contributed by atoms with Gasteiger partial charge in [-0.15, -0.1) is 0 Å². The number of hydrogen-bond acceptors (Lipinski definition) is 7. The number of aromatic nitrogens is 2. The Balaban J connectivity index is 1.51. The van der Waals surface area contributed by atoms with E-state index in [4.69, 9.17) is 9.47 Å². The average molecular weight is 558 g/mol. The van der Waals surface area contributed by atoms with Crippen LogP contribution in [-0.2, 0) is 21.4 Å². The molecule has 0 bridgehead atoms. The van der Waals surface area contributed by atoms with Gasteiger partial charge < -0.3 is 9.47 Å². The number of rotatable bonds is 8. The lowest BCUT2D eigenvalue weighted by atomic mass is 10.2. The zero-order chi connectivity index (χ0) is 25.0. The second-order valence-electron chi connectivity index (χ2n) is 7.29. The molecular weight excluding hydrogens is 538 g/mol. The molecule has 180 valence electrons. The number of benzene rings is 2. The molecule has 1 N–H and O–H groups in total. The summed E-state index contributed by atoms with van der Waals surface area (Å²) in [6, 6.07) is 16.7. The quantitative estimate of drug-likeness (QED) is 0.325. The molecule has 0 spiro atoms. The third-order valence-corrected chi connectivity index (χ3v) is 6.71. The largest absolute Gasteiger partial charge is 0.494 e. The first-order chi connectivity index (χ1) is 16.8. The Bertz CT molecular complexity index is 1550. The van der Waals surface area contributed by atoms with Crippen molar-refractivity contribution in [3.63, 3.8) is 0 Å². The van der Waals surface area contributed by atoms with Crippen LogP contribution in [0, 0.1) is 0 Å². The number of pyridine rings is 1. The van der Waals surface area contributed by atoms with Gasteiger partial charge in [0.1, 0.15) is 18.0 Å². The number of para-hydroxylation sites is 1. The molecule has 0 saturated carbocycles. The van der Waals surface area contributed by atoms with Crippen molar-refractivity contribution in [2.45, 2.75) is 18.4 Å². The second kappa shape index (κ2) is 10.3. The Hall–Kier alpha value is -3.70. The number of esters is 1. The van der Waals surface area contributed by atoms with Crippen LogP contribution in [-0.4, -0.2) is 30.4 Å². The summed E-state index contributed by atoms with van der Waals surface area (Å²) in [5, 5.41) is 0. The molecule has 2 aromatic heterocycles. The van der Waals surface area contributed by atoms with E-state index in [9.17, 15) is 18.0 Å². The maximum atomic E-state index is 12.9. The van der Waals surface area contributed by atoms with Gasteiger partial charge in [0.25, 0.3) is 15.6 Å². The van der Waals surface area contributed by atoms with Crippen LogP contribution in [0.4, 0.5) is 5.69 Å². The fourth-order valence-corrected chi connectivity index (χ4v) is 4.67. The molecular formula is C24H20BrN3O6S. The molecule has 2 heterocycles. The smallest absolute Gasteiger partial charge is 0.340 e. The highest BCUT2D eigenvalue weighted by molar-refractivity contribution is 9.10. The molecule has 0 aliphatic heterocycles. The van der Waals surface area contributed by atoms with Crippen LogP contribution < -0.4 is 15.0 Å². The highest BCUT2D eigenvalue weighted by atomic mass is 79.9. The third kappa shape index (κ3) is 5.69. The topological polar surface area (TPSA) is 116 Å². The molecule has 11 heteroatoms. The Morgan fingerprint density at radius 3 is 2.57 bits per heavy atom. The third-order valence-electron chi connectivity index (χ3n) is 4.86. The van der Waals surface area contributed by atoms with Gasteiger partial charge in [-0.05, 0) is 71.4 Å². The van der Waals surface area contributed by atoms with Gasteiger partial charge in [-0.1, -0.05) is 12.1 Å². The molecule has 4 aromatic rings. The first-order valence-corrected chi connectivity index (χ1v) is 12.7. The van der Waals surface area contributed by atoms with Crippen molar-refractivity contribution in [3.05, 3.63) is 99.0 Å². The zero-order valence-corrected chi connectivity index (χ0v) is 20.9. The number of hydrogen-bond donors (Lipinski definition) is 1. The van der Waals surface area contributed by atoms with Crippen LogP contribution >= 0.6 is 15.9 Å². The summed E-state index contributed by atoms with van der Waals surface area (Å²) in [5.74, 6) is -0.224. The van der Waals surface area contributed by atoms with Gasteiger partial charge in [-0.2, -0.15) is 0 Å². The predicted molar refractivity (Wildman–Crippen MR) is 133 cm³/mol. The number of halogens is 1. The van der Waals surface area contributed by atoms with Crippen molar-refractivity contribution in [1.29, 1.82) is 0 Å². The van der Waals surface area contributed by atoms with Crippen LogP contribution in [0.25, 0.3) is 5.65 Å². The molecule has 0 saturated heterocycles. The maximum Gasteiger partial charge on any atom is 0.340 e. The number of sulfonamides is 1. The minimum absolute atomic E-state index is 0.0107. The first kappa shape index (κ1) is 24.4. The van der Waals surface area contributed by atoms with E-state index in [1.807, 2.05) is 6.92 Å². The lowest BCUT2D eigenvalue weighted by molar-refractivity contribution is 0.0469. The summed E-state index contributed by atoms with van der Waals surface area (Å²) in [6.45, 7) is 2.03. The van der Waals surface area contributed by atoms with Gasteiger partial charge in [0.2, 0.25) is 0 Å². The molecule has 35 heavy (non-hydrogen) atoms. The molecule has 0 aliphatic rings. The number of nitrogens with one attached hydrogen (secondary N) is 1. The standard InChI is InChI=1S/C24H20BrN3O6S/c1-2-33-18-8-10-19(11-9-18)35(31,32)27-21-6-4-3-5-20(21)24(30)34-15-17-13-23(29)28-14-16(25)7-12-22(28)26-17/h3-14,27H,2,15H2,1H3. The minimum Gasteiger partial charge on any atom is -0.494 e. The van der Waals surface area contributed by atoms with Crippen LogP contribution in [0.15, 0.2) is 87.1 Å². The molecule has 9 nitrogen and oxygen atoms in total. The predicted octanol–water partition coefficient (Wildman–Crippen LogP) is 4.01. The van der Waals surface area contributed by atoms with Crippen molar-refractivity contribution >= 4 is 43.3 Å². The fraction of sp³-hybridized carbons (Fsp3) is 0.125. The fourth-order valence-electron chi connectivity index (χ4n) is 3.25. The Morgan fingerprint density at radius 1 is 1.09 bits per heavy atom. The van der Waals surface area contributed by atoms with Crippen LogP contribution in [0.3, 0.4) is 0 Å². The monoisotopic (exact) mass is 557 g/mol. The van der Waals surface area contributed by atoms with Gasteiger partial charge in [-0.25, -0.2) is 18.2 Å². The summed E-state index contributed by atoms with van der Waals surface area (Å²) in [5.41, 5.74) is 0.408. The maximum absolute atomic E-state index is 12.9. The average Bonchev–Trinajstić information content (AvgIpc) is 2.84. The molecule has 0 amide bonds. The van der Waals surface area contributed by atoms with Gasteiger partial charge in [0, 0.05) is 16.7 Å². The number of fused-ring (bicyclic) bond motifs is 1. The van der Waals surface area contributed by atoms with Crippen LogP contribution in [0.1, 0.15) is 23.0 Å². The van der Waals surface area contributed by atoms with Crippen LogP contribution in [0.2, 0.25) is 0 Å². The van der Waals surface area contributed by atoms with Gasteiger partial charge in [0.15, 0.2) is 0 Å². The molecule has 2 aromatic carbocycles. The molecule has 0 fully saturated rings. The number of anilines is 1. The highest BCUT2D eigenvalue weighted by Gasteiger charge is 2.20. The van der Waals surface area contributed by atoms with Crippen molar-refractivity contribution in [2.75, 3.05) is 11.3 Å². The van der Waals surface area contributed by atoms with E-state index >= 15 is 0 Å². The summed E-state index contributed by atoms with van der Waals surface area (Å²) in [4.78, 5) is 29.5. The van der Waals surface area contributed by atoms with E-state index in [2.05, 4.69) is 25.6 Å². The first-order valence-electron chi connectivity index (χ1n) is 10.5. The van der Waals surface area contributed by atoms with Gasteiger partial charge in [0.05, 0.1) is 28.4 Å². The SMILES string of the molecule is CCOc1ccc(S(=O)(=O)Nc2ccccc2C(=O)OCc2cc(=O)n3cc(Br)ccc3n2)cc1. The van der Waals surface area contributed by atoms with Crippen molar-refractivity contribution < 1.29 is 22.7 Å². The Labute approximate surface area is 209 Å².